The van der Waals surface area contributed by atoms with Gasteiger partial charge in [0.15, 0.2) is 0 Å². The molecule has 1 saturated heterocycles. The van der Waals surface area contributed by atoms with E-state index in [0.29, 0.717) is 26.1 Å². The zero-order chi connectivity index (χ0) is 28.3. The Morgan fingerprint density at radius 3 is 1.70 bits per heavy atom. The SMILES string of the molecule is COC(=O)[C@@H]1C(CC2CN(C(=O)OC(C)(C)C)C2)=CCN1C(c1ccccc1)(c1ccccc1)c1ccccc1. The third kappa shape index (κ3) is 5.28. The first kappa shape index (κ1) is 27.7. The predicted molar refractivity (Wildman–Crippen MR) is 156 cm³/mol. The van der Waals surface area contributed by atoms with E-state index in [1.54, 1.807) is 4.90 Å². The molecule has 6 nitrogen and oxygen atoms in total. The number of amides is 1. The summed E-state index contributed by atoms with van der Waals surface area (Å²) in [4.78, 5) is 30.1. The maximum atomic E-state index is 13.6. The zero-order valence-corrected chi connectivity index (χ0v) is 23.7. The van der Waals surface area contributed by atoms with Crippen LogP contribution in [-0.2, 0) is 19.8 Å². The molecule has 3 aromatic carbocycles. The average molecular weight is 539 g/mol. The van der Waals surface area contributed by atoms with Crippen molar-refractivity contribution in [3.05, 3.63) is 119 Å². The van der Waals surface area contributed by atoms with Crippen molar-refractivity contribution < 1.29 is 19.1 Å². The highest BCUT2D eigenvalue weighted by atomic mass is 16.6. The molecular weight excluding hydrogens is 500 g/mol. The summed E-state index contributed by atoms with van der Waals surface area (Å²) in [7, 11) is 1.46. The van der Waals surface area contributed by atoms with Crippen LogP contribution in [0.15, 0.2) is 103 Å². The standard InChI is InChI=1S/C34H38N2O4/c1-33(2,3)40-32(38)35-23-25(24-35)22-26-20-21-36(30(26)31(37)39-4)34(27-14-8-5-9-15-27,28-16-10-6-11-17-28)29-18-12-7-13-19-29/h5-20,25,30H,21-24H2,1-4H3/t30-/m0/s1. The maximum absolute atomic E-state index is 13.6. The Morgan fingerprint density at radius 1 is 0.800 bits per heavy atom. The lowest BCUT2D eigenvalue weighted by atomic mass is 9.74. The van der Waals surface area contributed by atoms with E-state index in [2.05, 4.69) is 47.4 Å². The second kappa shape index (κ2) is 11.3. The topological polar surface area (TPSA) is 59.1 Å². The smallest absolute Gasteiger partial charge is 0.410 e. The van der Waals surface area contributed by atoms with Gasteiger partial charge in [-0.2, -0.15) is 0 Å². The van der Waals surface area contributed by atoms with E-state index >= 15 is 0 Å². The fraction of sp³-hybridized carbons (Fsp3) is 0.353. The summed E-state index contributed by atoms with van der Waals surface area (Å²) in [6.07, 6.45) is 2.61. The van der Waals surface area contributed by atoms with E-state index in [-0.39, 0.29) is 18.0 Å². The molecule has 1 atom stereocenters. The van der Waals surface area contributed by atoms with Crippen molar-refractivity contribution in [1.82, 2.24) is 9.80 Å². The third-order valence-electron chi connectivity index (χ3n) is 7.78. The van der Waals surface area contributed by atoms with Gasteiger partial charge in [0.25, 0.3) is 0 Å². The molecule has 0 unspecified atom stereocenters. The molecule has 0 N–H and O–H groups in total. The van der Waals surface area contributed by atoms with Crippen molar-refractivity contribution in [2.45, 2.75) is 44.4 Å². The number of ether oxygens (including phenoxy) is 2. The van der Waals surface area contributed by atoms with E-state index in [1.165, 1.54) is 7.11 Å². The summed E-state index contributed by atoms with van der Waals surface area (Å²) in [6, 6.07) is 30.6. The number of benzene rings is 3. The Balaban J connectivity index is 1.51. The Bertz CT molecular complexity index is 1250. The second-order valence-corrected chi connectivity index (χ2v) is 11.6. The van der Waals surface area contributed by atoms with Gasteiger partial charge in [-0.15, -0.1) is 0 Å². The fourth-order valence-corrected chi connectivity index (χ4v) is 6.09. The highest BCUT2D eigenvalue weighted by Crippen LogP contribution is 2.47. The van der Waals surface area contributed by atoms with Crippen molar-refractivity contribution in [2.75, 3.05) is 26.7 Å². The van der Waals surface area contributed by atoms with Crippen LogP contribution in [0.3, 0.4) is 0 Å². The molecule has 0 spiro atoms. The van der Waals surface area contributed by atoms with Gasteiger partial charge in [0.1, 0.15) is 11.6 Å². The van der Waals surface area contributed by atoms with Gasteiger partial charge in [0.05, 0.1) is 12.6 Å². The molecule has 0 radical (unpaired) electrons. The summed E-state index contributed by atoms with van der Waals surface area (Å²) in [5.74, 6) is -0.0234. The molecule has 0 saturated carbocycles. The van der Waals surface area contributed by atoms with Crippen LogP contribution < -0.4 is 0 Å². The fourth-order valence-electron chi connectivity index (χ4n) is 6.09. The normalized spacial score (nSPS) is 18.1. The summed E-state index contributed by atoms with van der Waals surface area (Å²) in [5, 5.41) is 0. The number of carbonyl (C=O) groups is 2. The van der Waals surface area contributed by atoms with E-state index in [0.717, 1.165) is 22.3 Å². The lowest BCUT2D eigenvalue weighted by Gasteiger charge is -2.47. The lowest BCUT2D eigenvalue weighted by molar-refractivity contribution is -0.146. The van der Waals surface area contributed by atoms with Gasteiger partial charge >= 0.3 is 12.1 Å². The van der Waals surface area contributed by atoms with Crippen LogP contribution in [0, 0.1) is 5.92 Å². The Kier molecular flexibility index (Phi) is 7.81. The van der Waals surface area contributed by atoms with E-state index in [9.17, 15) is 9.59 Å². The van der Waals surface area contributed by atoms with Crippen molar-refractivity contribution in [2.24, 2.45) is 5.92 Å². The molecule has 40 heavy (non-hydrogen) atoms. The molecular formula is C34H38N2O4. The quantitative estimate of drug-likeness (QED) is 0.209. The van der Waals surface area contributed by atoms with E-state index < -0.39 is 17.2 Å². The summed E-state index contributed by atoms with van der Waals surface area (Å²) < 4.78 is 11.0. The summed E-state index contributed by atoms with van der Waals surface area (Å²) >= 11 is 0. The molecule has 208 valence electrons. The van der Waals surface area contributed by atoms with Crippen LogP contribution >= 0.6 is 0 Å². The Labute approximate surface area is 237 Å². The van der Waals surface area contributed by atoms with Gasteiger partial charge in [-0.25, -0.2) is 9.59 Å². The lowest BCUT2D eigenvalue weighted by Crippen LogP contribution is -2.55. The van der Waals surface area contributed by atoms with E-state index in [1.807, 2.05) is 75.4 Å². The van der Waals surface area contributed by atoms with Crippen LogP contribution in [-0.4, -0.2) is 60.2 Å². The number of carbonyl (C=O) groups excluding carboxylic acids is 2. The van der Waals surface area contributed by atoms with Crippen LogP contribution in [0.4, 0.5) is 4.79 Å². The maximum Gasteiger partial charge on any atom is 0.410 e. The first-order chi connectivity index (χ1) is 19.2. The van der Waals surface area contributed by atoms with Gasteiger partial charge in [-0.3, -0.25) is 4.90 Å². The van der Waals surface area contributed by atoms with Crippen LogP contribution in [0.25, 0.3) is 0 Å². The van der Waals surface area contributed by atoms with Gasteiger partial charge in [-0.1, -0.05) is 97.1 Å². The first-order valence-electron chi connectivity index (χ1n) is 13.9. The molecule has 0 bridgehead atoms. The minimum atomic E-state index is -0.733. The molecule has 1 amide bonds. The molecule has 6 heteroatoms. The minimum absolute atomic E-state index is 0.255. The number of rotatable bonds is 7. The number of esters is 1. The van der Waals surface area contributed by atoms with Crippen molar-refractivity contribution in [3.8, 4) is 0 Å². The molecule has 1 fully saturated rings. The minimum Gasteiger partial charge on any atom is -0.468 e. The van der Waals surface area contributed by atoms with Crippen molar-refractivity contribution in [1.29, 1.82) is 0 Å². The van der Waals surface area contributed by atoms with Crippen molar-refractivity contribution >= 4 is 12.1 Å². The molecule has 5 rings (SSSR count). The molecule has 3 aromatic rings. The summed E-state index contributed by atoms with van der Waals surface area (Å²) in [5.41, 5.74) is 3.01. The largest absolute Gasteiger partial charge is 0.468 e. The zero-order valence-electron chi connectivity index (χ0n) is 23.7. The van der Waals surface area contributed by atoms with E-state index in [4.69, 9.17) is 9.47 Å². The van der Waals surface area contributed by atoms with Gasteiger partial charge < -0.3 is 14.4 Å². The van der Waals surface area contributed by atoms with Gasteiger partial charge in [0.2, 0.25) is 0 Å². The van der Waals surface area contributed by atoms with Crippen LogP contribution in [0.5, 0.6) is 0 Å². The number of hydrogen-bond acceptors (Lipinski definition) is 5. The number of likely N-dealkylation sites (tertiary alicyclic amines) is 1. The average Bonchev–Trinajstić information content (AvgIpc) is 3.35. The monoisotopic (exact) mass is 538 g/mol. The molecule has 2 heterocycles. The Hall–Kier alpha value is -3.90. The highest BCUT2D eigenvalue weighted by Gasteiger charge is 2.50. The van der Waals surface area contributed by atoms with Gasteiger partial charge in [0, 0.05) is 19.6 Å². The van der Waals surface area contributed by atoms with Crippen LogP contribution in [0.2, 0.25) is 0 Å². The number of methoxy groups -OCH3 is 1. The number of nitrogens with zero attached hydrogens (tertiary/aromatic N) is 2. The Morgan fingerprint density at radius 2 is 1.27 bits per heavy atom. The first-order valence-corrected chi connectivity index (χ1v) is 13.9. The van der Waals surface area contributed by atoms with Gasteiger partial charge in [-0.05, 0) is 55.4 Å². The number of hydrogen-bond donors (Lipinski definition) is 0. The predicted octanol–water partition coefficient (Wildman–Crippen LogP) is 6.02. The molecule has 2 aliphatic rings. The van der Waals surface area contributed by atoms with Crippen LogP contribution in [0.1, 0.15) is 43.9 Å². The highest BCUT2D eigenvalue weighted by molar-refractivity contribution is 5.81. The third-order valence-corrected chi connectivity index (χ3v) is 7.78. The second-order valence-electron chi connectivity index (χ2n) is 11.6. The summed E-state index contributed by atoms with van der Waals surface area (Å²) in [6.45, 7) is 7.43. The van der Waals surface area contributed by atoms with Crippen molar-refractivity contribution in [3.63, 3.8) is 0 Å². The molecule has 0 aliphatic carbocycles. The molecule has 0 aromatic heterocycles. The molecule has 2 aliphatic heterocycles.